The SMILES string of the molecule is CC(C)Oc1cc(N)cc(NC2(C)CCOC2)c1. The van der Waals surface area contributed by atoms with Crippen LogP contribution in [0.15, 0.2) is 18.2 Å². The lowest BCUT2D eigenvalue weighted by Crippen LogP contribution is -2.34. The van der Waals surface area contributed by atoms with Crippen molar-refractivity contribution in [2.24, 2.45) is 0 Å². The van der Waals surface area contributed by atoms with E-state index in [4.69, 9.17) is 15.2 Å². The highest BCUT2D eigenvalue weighted by atomic mass is 16.5. The number of hydrogen-bond donors (Lipinski definition) is 2. The van der Waals surface area contributed by atoms with Crippen LogP contribution in [0.2, 0.25) is 0 Å². The minimum Gasteiger partial charge on any atom is -0.491 e. The monoisotopic (exact) mass is 250 g/mol. The van der Waals surface area contributed by atoms with Gasteiger partial charge in [0.15, 0.2) is 0 Å². The van der Waals surface area contributed by atoms with Gasteiger partial charge in [0.05, 0.1) is 18.2 Å². The van der Waals surface area contributed by atoms with E-state index in [-0.39, 0.29) is 11.6 Å². The van der Waals surface area contributed by atoms with E-state index in [0.717, 1.165) is 31.1 Å². The summed E-state index contributed by atoms with van der Waals surface area (Å²) in [6.45, 7) is 7.69. The molecule has 0 aliphatic carbocycles. The second kappa shape index (κ2) is 5.06. The Kier molecular flexibility index (Phi) is 3.66. The summed E-state index contributed by atoms with van der Waals surface area (Å²) in [5.41, 5.74) is 7.58. The van der Waals surface area contributed by atoms with Crippen LogP contribution in [-0.2, 0) is 4.74 Å². The van der Waals surface area contributed by atoms with E-state index >= 15 is 0 Å². The minimum atomic E-state index is -0.0110. The third-order valence-corrected chi connectivity index (χ3v) is 2.97. The smallest absolute Gasteiger partial charge is 0.123 e. The summed E-state index contributed by atoms with van der Waals surface area (Å²) in [7, 11) is 0. The maximum Gasteiger partial charge on any atom is 0.123 e. The maximum atomic E-state index is 5.90. The van der Waals surface area contributed by atoms with E-state index in [1.54, 1.807) is 0 Å². The van der Waals surface area contributed by atoms with E-state index in [1.165, 1.54) is 0 Å². The van der Waals surface area contributed by atoms with Gasteiger partial charge in [-0.05, 0) is 33.3 Å². The molecule has 1 fully saturated rings. The van der Waals surface area contributed by atoms with Crippen LogP contribution in [0.3, 0.4) is 0 Å². The van der Waals surface area contributed by atoms with Crippen LogP contribution in [0.25, 0.3) is 0 Å². The number of hydrogen-bond acceptors (Lipinski definition) is 4. The first kappa shape index (κ1) is 13.0. The predicted molar refractivity (Wildman–Crippen MR) is 74.1 cm³/mol. The molecule has 1 aliphatic rings. The summed E-state index contributed by atoms with van der Waals surface area (Å²) in [6.07, 6.45) is 1.15. The Morgan fingerprint density at radius 1 is 1.39 bits per heavy atom. The Morgan fingerprint density at radius 3 is 2.78 bits per heavy atom. The van der Waals surface area contributed by atoms with Gasteiger partial charge in [-0.1, -0.05) is 0 Å². The molecule has 0 spiro atoms. The lowest BCUT2D eigenvalue weighted by Gasteiger charge is -2.25. The van der Waals surface area contributed by atoms with Gasteiger partial charge in [-0.2, -0.15) is 0 Å². The standard InChI is InChI=1S/C14H22N2O2/c1-10(2)18-13-7-11(15)6-12(8-13)16-14(3)4-5-17-9-14/h6-8,10,16H,4-5,9,15H2,1-3H3. The van der Waals surface area contributed by atoms with Crippen LogP contribution in [0.1, 0.15) is 27.2 Å². The van der Waals surface area contributed by atoms with Crippen molar-refractivity contribution in [2.45, 2.75) is 38.8 Å². The molecule has 1 heterocycles. The third kappa shape index (κ3) is 3.29. The minimum absolute atomic E-state index is 0.0110. The summed E-state index contributed by atoms with van der Waals surface area (Å²) in [5.74, 6) is 0.801. The Balaban J connectivity index is 2.14. The second-order valence-electron chi connectivity index (χ2n) is 5.45. The molecule has 0 amide bonds. The van der Waals surface area contributed by atoms with Crippen LogP contribution in [-0.4, -0.2) is 24.9 Å². The molecule has 2 rings (SSSR count). The van der Waals surface area contributed by atoms with E-state index < -0.39 is 0 Å². The lowest BCUT2D eigenvalue weighted by atomic mass is 10.0. The Morgan fingerprint density at radius 2 is 2.17 bits per heavy atom. The fraction of sp³-hybridized carbons (Fsp3) is 0.571. The van der Waals surface area contributed by atoms with Crippen molar-refractivity contribution in [3.8, 4) is 5.75 Å². The molecule has 0 bridgehead atoms. The Hall–Kier alpha value is -1.42. The number of benzene rings is 1. The first-order valence-corrected chi connectivity index (χ1v) is 6.40. The summed E-state index contributed by atoms with van der Waals surface area (Å²) in [5, 5.41) is 3.49. The van der Waals surface area contributed by atoms with Gasteiger partial charge in [0, 0.05) is 30.1 Å². The molecular formula is C14H22N2O2. The predicted octanol–water partition coefficient (Wildman–Crippen LogP) is 2.65. The zero-order chi connectivity index (χ0) is 13.2. The number of nitrogen functional groups attached to an aromatic ring is 1. The first-order chi connectivity index (χ1) is 8.47. The lowest BCUT2D eigenvalue weighted by molar-refractivity contribution is 0.185. The first-order valence-electron chi connectivity index (χ1n) is 6.40. The zero-order valence-corrected chi connectivity index (χ0v) is 11.3. The fourth-order valence-electron chi connectivity index (χ4n) is 2.15. The molecule has 1 aliphatic heterocycles. The fourth-order valence-corrected chi connectivity index (χ4v) is 2.15. The molecule has 0 saturated carbocycles. The van der Waals surface area contributed by atoms with Crippen molar-refractivity contribution in [2.75, 3.05) is 24.3 Å². The van der Waals surface area contributed by atoms with Crippen molar-refractivity contribution in [1.82, 2.24) is 0 Å². The average Bonchev–Trinajstić information content (AvgIpc) is 2.62. The number of nitrogens with two attached hydrogens (primary N) is 1. The molecule has 1 atom stereocenters. The molecule has 4 heteroatoms. The van der Waals surface area contributed by atoms with E-state index in [2.05, 4.69) is 12.2 Å². The molecule has 1 saturated heterocycles. The van der Waals surface area contributed by atoms with E-state index in [0.29, 0.717) is 5.69 Å². The number of anilines is 2. The van der Waals surface area contributed by atoms with Gasteiger partial charge < -0.3 is 20.5 Å². The number of rotatable bonds is 4. The molecular weight excluding hydrogens is 228 g/mol. The van der Waals surface area contributed by atoms with Crippen LogP contribution in [0.5, 0.6) is 5.75 Å². The van der Waals surface area contributed by atoms with Crippen LogP contribution in [0, 0.1) is 0 Å². The van der Waals surface area contributed by atoms with Crippen molar-refractivity contribution in [3.05, 3.63) is 18.2 Å². The Bertz CT molecular complexity index is 412. The molecule has 3 N–H and O–H groups in total. The molecule has 0 radical (unpaired) electrons. The van der Waals surface area contributed by atoms with Crippen molar-refractivity contribution in [3.63, 3.8) is 0 Å². The highest BCUT2D eigenvalue weighted by molar-refractivity contribution is 5.60. The van der Waals surface area contributed by atoms with Crippen LogP contribution >= 0.6 is 0 Å². The van der Waals surface area contributed by atoms with Crippen molar-refractivity contribution < 1.29 is 9.47 Å². The van der Waals surface area contributed by atoms with E-state index in [1.807, 2.05) is 32.0 Å². The van der Waals surface area contributed by atoms with Gasteiger partial charge in [-0.15, -0.1) is 0 Å². The largest absolute Gasteiger partial charge is 0.491 e. The normalized spacial score (nSPS) is 23.3. The van der Waals surface area contributed by atoms with Gasteiger partial charge in [-0.25, -0.2) is 0 Å². The number of ether oxygens (including phenoxy) is 2. The van der Waals surface area contributed by atoms with Crippen LogP contribution < -0.4 is 15.8 Å². The summed E-state index contributed by atoms with van der Waals surface area (Å²) in [6, 6.07) is 5.76. The average molecular weight is 250 g/mol. The number of nitrogens with one attached hydrogen (secondary N) is 1. The summed E-state index contributed by atoms with van der Waals surface area (Å²) >= 11 is 0. The van der Waals surface area contributed by atoms with Crippen molar-refractivity contribution >= 4 is 11.4 Å². The summed E-state index contributed by atoms with van der Waals surface area (Å²) < 4.78 is 11.1. The highest BCUT2D eigenvalue weighted by Crippen LogP contribution is 2.28. The zero-order valence-electron chi connectivity index (χ0n) is 11.3. The van der Waals surface area contributed by atoms with Crippen LogP contribution in [0.4, 0.5) is 11.4 Å². The Labute approximate surface area is 108 Å². The summed E-state index contributed by atoms with van der Waals surface area (Å²) in [4.78, 5) is 0. The molecule has 1 unspecified atom stereocenters. The molecule has 1 aromatic rings. The van der Waals surface area contributed by atoms with E-state index in [9.17, 15) is 0 Å². The molecule has 18 heavy (non-hydrogen) atoms. The molecule has 0 aromatic heterocycles. The second-order valence-corrected chi connectivity index (χ2v) is 5.45. The van der Waals surface area contributed by atoms with Gasteiger partial charge >= 0.3 is 0 Å². The highest BCUT2D eigenvalue weighted by Gasteiger charge is 2.29. The molecule has 100 valence electrons. The molecule has 4 nitrogen and oxygen atoms in total. The van der Waals surface area contributed by atoms with Gasteiger partial charge in [-0.3, -0.25) is 0 Å². The van der Waals surface area contributed by atoms with Crippen molar-refractivity contribution in [1.29, 1.82) is 0 Å². The van der Waals surface area contributed by atoms with Gasteiger partial charge in [0.2, 0.25) is 0 Å². The maximum absolute atomic E-state index is 5.90. The van der Waals surface area contributed by atoms with Gasteiger partial charge in [0.25, 0.3) is 0 Å². The topological polar surface area (TPSA) is 56.5 Å². The quantitative estimate of drug-likeness (QED) is 0.807. The van der Waals surface area contributed by atoms with Gasteiger partial charge in [0.1, 0.15) is 5.75 Å². The third-order valence-electron chi connectivity index (χ3n) is 2.97. The molecule has 1 aromatic carbocycles.